The molecule has 3 aromatic rings. The maximum atomic E-state index is 3.23. The fraction of sp³-hybridized carbons (Fsp3) is 0.259. The van der Waals surface area contributed by atoms with E-state index in [4.69, 9.17) is 0 Å². The number of rotatable bonds is 7. The van der Waals surface area contributed by atoms with E-state index in [0.29, 0.717) is 0 Å². The SMILES string of the molecule is CN(CC=CC#CC(C)(C)C)Cc1cccc(C=Cc2cc(-c3ccsc3)cs2)c1. The summed E-state index contributed by atoms with van der Waals surface area (Å²) in [5.41, 5.74) is 5.21. The number of hydrogen-bond acceptors (Lipinski definition) is 3. The molecule has 0 bridgehead atoms. The maximum Gasteiger partial charge on any atom is 0.0276 e. The van der Waals surface area contributed by atoms with E-state index in [1.807, 2.05) is 6.08 Å². The van der Waals surface area contributed by atoms with E-state index >= 15 is 0 Å². The molecule has 0 saturated heterocycles. The second-order valence-corrected chi connectivity index (χ2v) is 10.2. The molecule has 30 heavy (non-hydrogen) atoms. The molecule has 3 rings (SSSR count). The van der Waals surface area contributed by atoms with Gasteiger partial charge in [-0.3, -0.25) is 4.90 Å². The fourth-order valence-corrected chi connectivity index (χ4v) is 4.39. The van der Waals surface area contributed by atoms with E-state index in [-0.39, 0.29) is 5.41 Å². The van der Waals surface area contributed by atoms with Gasteiger partial charge in [0.15, 0.2) is 0 Å². The zero-order chi connectivity index (χ0) is 21.4. The third-order valence-electron chi connectivity index (χ3n) is 4.38. The van der Waals surface area contributed by atoms with Gasteiger partial charge in [-0.05, 0) is 90.5 Å². The minimum absolute atomic E-state index is 0.0543. The van der Waals surface area contributed by atoms with Crippen molar-refractivity contribution in [2.75, 3.05) is 13.6 Å². The van der Waals surface area contributed by atoms with Gasteiger partial charge in [0.1, 0.15) is 0 Å². The summed E-state index contributed by atoms with van der Waals surface area (Å²) in [4.78, 5) is 3.57. The molecule has 0 aliphatic rings. The second-order valence-electron chi connectivity index (χ2n) is 8.45. The summed E-state index contributed by atoms with van der Waals surface area (Å²) >= 11 is 3.53. The van der Waals surface area contributed by atoms with Crippen molar-refractivity contribution in [1.29, 1.82) is 0 Å². The van der Waals surface area contributed by atoms with Crippen LogP contribution in [0, 0.1) is 17.3 Å². The highest BCUT2D eigenvalue weighted by atomic mass is 32.1. The molecule has 1 aromatic carbocycles. The lowest BCUT2D eigenvalue weighted by Gasteiger charge is -2.14. The van der Waals surface area contributed by atoms with Crippen molar-refractivity contribution in [1.82, 2.24) is 4.90 Å². The molecule has 0 saturated carbocycles. The first-order valence-corrected chi connectivity index (χ1v) is 12.0. The Morgan fingerprint density at radius 2 is 1.90 bits per heavy atom. The Hall–Kier alpha value is -2.38. The predicted octanol–water partition coefficient (Wildman–Crippen LogP) is 7.68. The van der Waals surface area contributed by atoms with E-state index in [1.54, 1.807) is 22.7 Å². The molecular weight excluding hydrogens is 402 g/mol. The molecule has 0 amide bonds. The van der Waals surface area contributed by atoms with Gasteiger partial charge in [0.25, 0.3) is 0 Å². The van der Waals surface area contributed by atoms with Crippen molar-refractivity contribution in [2.45, 2.75) is 27.3 Å². The molecule has 2 aromatic heterocycles. The van der Waals surface area contributed by atoms with Crippen LogP contribution in [0.15, 0.2) is 64.7 Å². The van der Waals surface area contributed by atoms with Crippen LogP contribution in [0.4, 0.5) is 0 Å². The van der Waals surface area contributed by atoms with Crippen molar-refractivity contribution in [3.63, 3.8) is 0 Å². The molecule has 2 heterocycles. The zero-order valence-corrected chi connectivity index (χ0v) is 19.8. The van der Waals surface area contributed by atoms with Crippen molar-refractivity contribution >= 4 is 34.8 Å². The van der Waals surface area contributed by atoms with Crippen LogP contribution >= 0.6 is 22.7 Å². The van der Waals surface area contributed by atoms with Crippen LogP contribution < -0.4 is 0 Å². The second kappa shape index (κ2) is 10.6. The topological polar surface area (TPSA) is 3.24 Å². The number of benzene rings is 1. The van der Waals surface area contributed by atoms with E-state index in [1.165, 1.54) is 27.1 Å². The van der Waals surface area contributed by atoms with Crippen LogP contribution in [-0.4, -0.2) is 18.5 Å². The van der Waals surface area contributed by atoms with Gasteiger partial charge in [0.2, 0.25) is 0 Å². The minimum Gasteiger partial charge on any atom is -0.298 e. The molecule has 0 N–H and O–H groups in total. The summed E-state index contributed by atoms with van der Waals surface area (Å²) < 4.78 is 0. The largest absolute Gasteiger partial charge is 0.298 e. The Labute approximate surface area is 189 Å². The molecule has 0 fully saturated rings. The lowest BCUT2D eigenvalue weighted by molar-refractivity contribution is 0.363. The molecular formula is C27H29NS2. The van der Waals surface area contributed by atoms with Crippen LogP contribution in [0.2, 0.25) is 0 Å². The highest BCUT2D eigenvalue weighted by Gasteiger charge is 2.03. The number of hydrogen-bond donors (Lipinski definition) is 0. The highest BCUT2D eigenvalue weighted by Crippen LogP contribution is 2.28. The van der Waals surface area contributed by atoms with Gasteiger partial charge in [0, 0.05) is 23.4 Å². The Bertz CT molecular complexity index is 1050. The maximum absolute atomic E-state index is 3.23. The van der Waals surface area contributed by atoms with Crippen molar-refractivity contribution in [3.05, 3.63) is 80.7 Å². The van der Waals surface area contributed by atoms with Gasteiger partial charge in [-0.25, -0.2) is 0 Å². The fourth-order valence-electron chi connectivity index (χ4n) is 2.92. The van der Waals surface area contributed by atoms with Gasteiger partial charge in [-0.1, -0.05) is 48.3 Å². The summed E-state index contributed by atoms with van der Waals surface area (Å²) in [5, 5.41) is 6.55. The number of thiophene rings is 2. The molecule has 0 radical (unpaired) electrons. The normalized spacial score (nSPS) is 12.0. The lowest BCUT2D eigenvalue weighted by Crippen LogP contribution is -2.17. The third kappa shape index (κ3) is 7.46. The van der Waals surface area contributed by atoms with E-state index in [9.17, 15) is 0 Å². The van der Waals surface area contributed by atoms with Crippen LogP contribution in [0.3, 0.4) is 0 Å². The molecule has 0 atom stereocenters. The standard InChI is InChI=1S/C27H29NS2/c1-27(2,3)14-6-5-7-15-28(4)19-23-10-8-9-22(17-23)11-12-26-18-25(21-30-26)24-13-16-29-20-24/h5,7-13,16-18,20-21H,15,19H2,1-4H3. The molecule has 0 spiro atoms. The van der Waals surface area contributed by atoms with E-state index in [0.717, 1.165) is 13.1 Å². The first-order chi connectivity index (χ1) is 14.4. The van der Waals surface area contributed by atoms with Crippen LogP contribution in [-0.2, 0) is 6.54 Å². The Balaban J connectivity index is 1.56. The Morgan fingerprint density at radius 1 is 1.03 bits per heavy atom. The van der Waals surface area contributed by atoms with Crippen LogP contribution in [0.25, 0.3) is 23.3 Å². The number of allylic oxidation sites excluding steroid dienone is 1. The average Bonchev–Trinajstić information content (AvgIpc) is 3.37. The molecule has 3 heteroatoms. The van der Waals surface area contributed by atoms with Crippen molar-refractivity contribution < 1.29 is 0 Å². The van der Waals surface area contributed by atoms with Gasteiger partial charge in [0.05, 0.1) is 0 Å². The molecule has 0 unspecified atom stereocenters. The van der Waals surface area contributed by atoms with E-state index < -0.39 is 0 Å². The van der Waals surface area contributed by atoms with Crippen LogP contribution in [0.5, 0.6) is 0 Å². The summed E-state index contributed by atoms with van der Waals surface area (Å²) in [7, 11) is 2.14. The molecule has 0 aliphatic carbocycles. The van der Waals surface area contributed by atoms with Gasteiger partial charge in [-0.15, -0.1) is 11.3 Å². The summed E-state index contributed by atoms with van der Waals surface area (Å²) in [6, 6.07) is 13.2. The summed E-state index contributed by atoms with van der Waals surface area (Å²) in [6.45, 7) is 8.19. The zero-order valence-electron chi connectivity index (χ0n) is 18.2. The van der Waals surface area contributed by atoms with Crippen molar-refractivity contribution in [3.8, 4) is 23.0 Å². The predicted molar refractivity (Wildman–Crippen MR) is 136 cm³/mol. The van der Waals surface area contributed by atoms with Gasteiger partial charge < -0.3 is 0 Å². The Morgan fingerprint density at radius 3 is 2.67 bits per heavy atom. The van der Waals surface area contributed by atoms with Gasteiger partial charge >= 0.3 is 0 Å². The van der Waals surface area contributed by atoms with Gasteiger partial charge in [-0.2, -0.15) is 11.3 Å². The smallest absolute Gasteiger partial charge is 0.0276 e. The summed E-state index contributed by atoms with van der Waals surface area (Å²) in [5.74, 6) is 6.36. The van der Waals surface area contributed by atoms with Crippen LogP contribution in [0.1, 0.15) is 36.8 Å². The quantitative estimate of drug-likeness (QED) is 0.347. The Kier molecular flexibility index (Phi) is 7.87. The van der Waals surface area contributed by atoms with E-state index in [2.05, 4.69) is 115 Å². The lowest BCUT2D eigenvalue weighted by atomic mass is 9.98. The molecule has 154 valence electrons. The molecule has 0 aliphatic heterocycles. The van der Waals surface area contributed by atoms with Crippen molar-refractivity contribution in [2.24, 2.45) is 5.41 Å². The minimum atomic E-state index is 0.0543. The number of nitrogens with zero attached hydrogens (tertiary/aromatic N) is 1. The average molecular weight is 432 g/mol. The first-order valence-electron chi connectivity index (χ1n) is 10.1. The highest BCUT2D eigenvalue weighted by molar-refractivity contribution is 7.11. The first kappa shape index (κ1) is 22.3. The summed E-state index contributed by atoms with van der Waals surface area (Å²) in [6.07, 6.45) is 8.51. The number of likely N-dealkylation sites (N-methyl/N-ethyl adjacent to an activating group) is 1. The monoisotopic (exact) mass is 431 g/mol. The molecule has 1 nitrogen and oxygen atoms in total. The third-order valence-corrected chi connectivity index (χ3v) is 5.96.